The molecule has 2 rings (SSSR count). The predicted octanol–water partition coefficient (Wildman–Crippen LogP) is 2.39. The molecule has 7 heteroatoms. The van der Waals surface area contributed by atoms with Gasteiger partial charge in [0.05, 0.1) is 18.5 Å². The first-order chi connectivity index (χ1) is 11.4. The molecule has 0 radical (unpaired) electrons. The molecule has 0 aliphatic heterocycles. The number of nitrogens with zero attached hydrogens (tertiary/aromatic N) is 1. The molecular weight excluding hydrogens is 326 g/mol. The van der Waals surface area contributed by atoms with Gasteiger partial charge in [-0.2, -0.15) is 0 Å². The van der Waals surface area contributed by atoms with E-state index in [9.17, 15) is 13.2 Å². The van der Waals surface area contributed by atoms with Gasteiger partial charge in [-0.05, 0) is 31.4 Å². The highest BCUT2D eigenvalue weighted by Gasteiger charge is 2.19. The molecule has 0 bridgehead atoms. The number of anilines is 1. The Bertz CT molecular complexity index is 655. The van der Waals surface area contributed by atoms with E-state index in [1.165, 1.54) is 17.0 Å². The third kappa shape index (κ3) is 5.40. The van der Waals surface area contributed by atoms with Crippen molar-refractivity contribution < 1.29 is 13.2 Å². The van der Waals surface area contributed by atoms with Crippen LogP contribution in [0.1, 0.15) is 37.7 Å². The smallest absolute Gasteiger partial charge is 0.315 e. The van der Waals surface area contributed by atoms with Crippen LogP contribution in [0.15, 0.2) is 24.3 Å². The molecule has 1 saturated carbocycles. The molecule has 6 nitrogen and oxygen atoms in total. The van der Waals surface area contributed by atoms with E-state index in [1.807, 2.05) is 25.1 Å². The fourth-order valence-corrected chi connectivity index (χ4v) is 4.05. The second-order valence-corrected chi connectivity index (χ2v) is 8.26. The molecule has 0 heterocycles. The standard InChI is InChI=1S/C17H27N3O3S/c1-14-8-6-7-11-16(14)20(24(2,22)23)13-12-18-17(21)19-15-9-4-3-5-10-15/h6-8,11,15H,3-5,9-10,12-13H2,1-2H3,(H2,18,19,21). The molecule has 134 valence electrons. The van der Waals surface area contributed by atoms with Crippen LogP contribution in [0.5, 0.6) is 0 Å². The van der Waals surface area contributed by atoms with E-state index in [0.29, 0.717) is 5.69 Å². The predicted molar refractivity (Wildman–Crippen MR) is 96.8 cm³/mol. The molecule has 1 aliphatic carbocycles. The third-order valence-electron chi connectivity index (χ3n) is 4.33. The van der Waals surface area contributed by atoms with Crippen LogP contribution in [0.2, 0.25) is 0 Å². The van der Waals surface area contributed by atoms with Gasteiger partial charge in [0.1, 0.15) is 0 Å². The summed E-state index contributed by atoms with van der Waals surface area (Å²) in [6.45, 7) is 2.35. The first kappa shape index (κ1) is 18.6. The maximum Gasteiger partial charge on any atom is 0.315 e. The lowest BCUT2D eigenvalue weighted by Crippen LogP contribution is -2.46. The largest absolute Gasteiger partial charge is 0.336 e. The van der Waals surface area contributed by atoms with Crippen molar-refractivity contribution in [2.24, 2.45) is 0 Å². The van der Waals surface area contributed by atoms with Gasteiger partial charge in [0.25, 0.3) is 0 Å². The lowest BCUT2D eigenvalue weighted by Gasteiger charge is -2.25. The fraction of sp³-hybridized carbons (Fsp3) is 0.588. The highest BCUT2D eigenvalue weighted by Crippen LogP contribution is 2.21. The van der Waals surface area contributed by atoms with E-state index in [0.717, 1.165) is 31.2 Å². The molecule has 0 aromatic heterocycles. The number of hydrogen-bond acceptors (Lipinski definition) is 3. The van der Waals surface area contributed by atoms with Crippen LogP contribution >= 0.6 is 0 Å². The summed E-state index contributed by atoms with van der Waals surface area (Å²) in [5.74, 6) is 0. The van der Waals surface area contributed by atoms with Gasteiger partial charge in [0, 0.05) is 12.6 Å². The Kier molecular flexibility index (Phi) is 6.48. The molecule has 1 aromatic rings. The van der Waals surface area contributed by atoms with Crippen molar-refractivity contribution in [3.05, 3.63) is 29.8 Å². The number of carbonyl (C=O) groups is 1. The summed E-state index contributed by atoms with van der Waals surface area (Å²) in [4.78, 5) is 12.0. The van der Waals surface area contributed by atoms with E-state index in [1.54, 1.807) is 6.07 Å². The minimum absolute atomic E-state index is 0.210. The molecule has 1 fully saturated rings. The van der Waals surface area contributed by atoms with Crippen LogP contribution in [0.25, 0.3) is 0 Å². The Morgan fingerprint density at radius 3 is 2.50 bits per heavy atom. The van der Waals surface area contributed by atoms with Gasteiger partial charge in [-0.25, -0.2) is 13.2 Å². The molecule has 2 amide bonds. The number of nitrogens with one attached hydrogen (secondary N) is 2. The van der Waals surface area contributed by atoms with Crippen molar-refractivity contribution in [1.82, 2.24) is 10.6 Å². The van der Waals surface area contributed by atoms with Gasteiger partial charge in [-0.15, -0.1) is 0 Å². The van der Waals surface area contributed by atoms with Gasteiger partial charge in [-0.1, -0.05) is 37.5 Å². The van der Waals surface area contributed by atoms with Gasteiger partial charge >= 0.3 is 6.03 Å². The van der Waals surface area contributed by atoms with Crippen LogP contribution in [-0.2, 0) is 10.0 Å². The Labute approximate surface area is 144 Å². The fourth-order valence-electron chi connectivity index (χ4n) is 3.06. The Balaban J connectivity index is 1.89. The SMILES string of the molecule is Cc1ccccc1N(CCNC(=O)NC1CCCCC1)S(C)(=O)=O. The molecule has 1 aliphatic rings. The summed E-state index contributed by atoms with van der Waals surface area (Å²) in [7, 11) is -3.40. The molecule has 0 atom stereocenters. The first-order valence-corrected chi connectivity index (χ1v) is 10.3. The third-order valence-corrected chi connectivity index (χ3v) is 5.51. The summed E-state index contributed by atoms with van der Waals surface area (Å²) in [5.41, 5.74) is 1.53. The number of benzene rings is 1. The second kappa shape index (κ2) is 8.37. The zero-order valence-corrected chi connectivity index (χ0v) is 15.2. The first-order valence-electron chi connectivity index (χ1n) is 8.45. The Morgan fingerprint density at radius 1 is 1.21 bits per heavy atom. The van der Waals surface area contributed by atoms with E-state index in [4.69, 9.17) is 0 Å². The summed E-state index contributed by atoms with van der Waals surface area (Å²) in [6, 6.07) is 7.34. The monoisotopic (exact) mass is 353 g/mol. The maximum absolute atomic E-state index is 12.1. The Morgan fingerprint density at radius 2 is 1.88 bits per heavy atom. The number of rotatable bonds is 6. The Hall–Kier alpha value is -1.76. The summed E-state index contributed by atoms with van der Waals surface area (Å²) >= 11 is 0. The second-order valence-electron chi connectivity index (χ2n) is 6.36. The van der Waals surface area contributed by atoms with E-state index in [-0.39, 0.29) is 25.2 Å². The van der Waals surface area contributed by atoms with Crippen LogP contribution in [0.3, 0.4) is 0 Å². The van der Waals surface area contributed by atoms with Crippen molar-refractivity contribution in [1.29, 1.82) is 0 Å². The minimum Gasteiger partial charge on any atom is -0.336 e. The summed E-state index contributed by atoms with van der Waals surface area (Å²) < 4.78 is 25.5. The van der Waals surface area contributed by atoms with Crippen molar-refractivity contribution >= 4 is 21.7 Å². The van der Waals surface area contributed by atoms with Gasteiger partial charge in [-0.3, -0.25) is 4.31 Å². The van der Waals surface area contributed by atoms with Gasteiger partial charge < -0.3 is 10.6 Å². The molecule has 0 unspecified atom stereocenters. The zero-order valence-electron chi connectivity index (χ0n) is 14.4. The molecule has 0 saturated heterocycles. The van der Waals surface area contributed by atoms with Crippen LogP contribution in [0.4, 0.5) is 10.5 Å². The van der Waals surface area contributed by atoms with Gasteiger partial charge in [0.2, 0.25) is 10.0 Å². The minimum atomic E-state index is -3.40. The van der Waals surface area contributed by atoms with Crippen molar-refractivity contribution in [3.8, 4) is 0 Å². The number of para-hydroxylation sites is 1. The number of sulfonamides is 1. The number of urea groups is 1. The number of hydrogen-bond donors (Lipinski definition) is 2. The zero-order chi connectivity index (χ0) is 17.6. The highest BCUT2D eigenvalue weighted by molar-refractivity contribution is 7.92. The van der Waals surface area contributed by atoms with E-state index < -0.39 is 10.0 Å². The average Bonchev–Trinajstić information content (AvgIpc) is 2.52. The summed E-state index contributed by atoms with van der Waals surface area (Å²) in [6.07, 6.45) is 6.76. The van der Waals surface area contributed by atoms with Crippen LogP contribution < -0.4 is 14.9 Å². The summed E-state index contributed by atoms with van der Waals surface area (Å²) in [5, 5.41) is 5.73. The lowest BCUT2D eigenvalue weighted by atomic mass is 9.96. The van der Waals surface area contributed by atoms with Crippen molar-refractivity contribution in [2.75, 3.05) is 23.7 Å². The molecular formula is C17H27N3O3S. The van der Waals surface area contributed by atoms with E-state index in [2.05, 4.69) is 10.6 Å². The number of amides is 2. The van der Waals surface area contributed by atoms with Crippen LogP contribution in [0, 0.1) is 6.92 Å². The van der Waals surface area contributed by atoms with E-state index >= 15 is 0 Å². The topological polar surface area (TPSA) is 78.5 Å². The number of carbonyl (C=O) groups excluding carboxylic acids is 1. The number of aryl methyl sites for hydroxylation is 1. The lowest BCUT2D eigenvalue weighted by molar-refractivity contribution is 0.233. The normalized spacial score (nSPS) is 15.8. The molecule has 1 aromatic carbocycles. The van der Waals surface area contributed by atoms with Gasteiger partial charge in [0.15, 0.2) is 0 Å². The van der Waals surface area contributed by atoms with Crippen molar-refractivity contribution in [3.63, 3.8) is 0 Å². The average molecular weight is 353 g/mol. The highest BCUT2D eigenvalue weighted by atomic mass is 32.2. The quantitative estimate of drug-likeness (QED) is 0.824. The maximum atomic E-state index is 12.1. The van der Waals surface area contributed by atoms with Crippen molar-refractivity contribution in [2.45, 2.75) is 45.1 Å². The van der Waals surface area contributed by atoms with Crippen LogP contribution in [-0.4, -0.2) is 39.8 Å². The molecule has 0 spiro atoms. The molecule has 24 heavy (non-hydrogen) atoms. The molecule has 2 N–H and O–H groups in total.